The van der Waals surface area contributed by atoms with Crippen molar-refractivity contribution >= 4 is 5.91 Å². The fourth-order valence-electron chi connectivity index (χ4n) is 3.93. The number of halogens is 1. The molecule has 1 aromatic carbocycles. The highest BCUT2D eigenvalue weighted by molar-refractivity contribution is 5.93. The molecule has 1 aliphatic carbocycles. The number of nitrogens with zero attached hydrogens (tertiary/aromatic N) is 3. The highest BCUT2D eigenvalue weighted by Gasteiger charge is 2.19. The number of hydrogen-bond donors (Lipinski definition) is 2. The van der Waals surface area contributed by atoms with Crippen LogP contribution in [-0.4, -0.2) is 31.6 Å². The van der Waals surface area contributed by atoms with Crippen molar-refractivity contribution in [1.29, 1.82) is 0 Å². The summed E-state index contributed by atoms with van der Waals surface area (Å²) in [7, 11) is 0. The number of nitrogens with one attached hydrogen (secondary N) is 2. The molecule has 0 aliphatic heterocycles. The van der Waals surface area contributed by atoms with Crippen LogP contribution in [0.15, 0.2) is 57.2 Å². The Balaban J connectivity index is 1.47. The first-order chi connectivity index (χ1) is 15.5. The van der Waals surface area contributed by atoms with Gasteiger partial charge in [0.2, 0.25) is 0 Å². The lowest BCUT2D eigenvalue weighted by Gasteiger charge is -2.11. The van der Waals surface area contributed by atoms with E-state index in [1.807, 2.05) is 0 Å². The maximum atomic E-state index is 14.1. The summed E-state index contributed by atoms with van der Waals surface area (Å²) in [5, 5.41) is 2.54. The van der Waals surface area contributed by atoms with Crippen molar-refractivity contribution in [2.24, 2.45) is 0 Å². The van der Waals surface area contributed by atoms with Gasteiger partial charge in [0.1, 0.15) is 11.4 Å². The number of aromatic nitrogens is 4. The first-order valence-corrected chi connectivity index (χ1v) is 10.4. The van der Waals surface area contributed by atoms with Crippen molar-refractivity contribution in [2.75, 3.05) is 6.54 Å². The van der Waals surface area contributed by atoms with Gasteiger partial charge in [-0.1, -0.05) is 25.0 Å². The van der Waals surface area contributed by atoms with E-state index < -0.39 is 23.0 Å². The number of rotatable bonds is 6. The largest absolute Gasteiger partial charge is 0.350 e. The smallest absolute Gasteiger partial charge is 0.333 e. The summed E-state index contributed by atoms with van der Waals surface area (Å²) >= 11 is 0. The maximum Gasteiger partial charge on any atom is 0.333 e. The Labute approximate surface area is 181 Å². The zero-order valence-electron chi connectivity index (χ0n) is 17.2. The summed E-state index contributed by atoms with van der Waals surface area (Å²) in [6.45, 7) is 0.217. The standard InChI is InChI=1S/C22H22FN5O4/c23-16-7-3-4-8-18(16)28-21(31)15(12-25-22(28)32)20(30)24-9-10-27-13-26-17(11-19(27)29)14-5-1-2-6-14/h3-4,7-8,11-14H,1-2,5-6,9-10H2,(H,24,30)(H,25,32). The van der Waals surface area contributed by atoms with Crippen LogP contribution < -0.4 is 22.1 Å². The highest BCUT2D eigenvalue weighted by Crippen LogP contribution is 2.32. The van der Waals surface area contributed by atoms with E-state index in [0.29, 0.717) is 10.5 Å². The summed E-state index contributed by atoms with van der Waals surface area (Å²) in [4.78, 5) is 56.3. The Bertz CT molecular complexity index is 1320. The van der Waals surface area contributed by atoms with Gasteiger partial charge in [0.05, 0.1) is 17.7 Å². The maximum absolute atomic E-state index is 14.1. The Kier molecular flexibility index (Phi) is 6.11. The SMILES string of the molecule is O=C(NCCn1cnc(C2CCCC2)cc1=O)c1c[nH]c(=O)n(-c2ccccc2F)c1=O. The molecular formula is C22H22FN5O4. The summed E-state index contributed by atoms with van der Waals surface area (Å²) in [5.74, 6) is -1.19. The van der Waals surface area contributed by atoms with Crippen molar-refractivity contribution in [1.82, 2.24) is 24.4 Å². The van der Waals surface area contributed by atoms with Crippen LogP contribution in [0.25, 0.3) is 5.69 Å². The topological polar surface area (TPSA) is 119 Å². The summed E-state index contributed by atoms with van der Waals surface area (Å²) in [6, 6.07) is 6.80. The fourth-order valence-corrected chi connectivity index (χ4v) is 3.93. The molecule has 1 saturated carbocycles. The van der Waals surface area contributed by atoms with E-state index in [1.54, 1.807) is 0 Å². The molecule has 3 aromatic rings. The van der Waals surface area contributed by atoms with Crippen molar-refractivity contribution < 1.29 is 9.18 Å². The zero-order valence-corrected chi connectivity index (χ0v) is 17.2. The molecule has 1 amide bonds. The number of aromatic amines is 1. The van der Waals surface area contributed by atoms with Crippen LogP contribution in [0, 0.1) is 5.82 Å². The van der Waals surface area contributed by atoms with Crippen LogP contribution in [0.2, 0.25) is 0 Å². The predicted octanol–water partition coefficient (Wildman–Crippen LogP) is 1.31. The summed E-state index contributed by atoms with van der Waals surface area (Å²) < 4.78 is 16.0. The molecule has 2 aromatic heterocycles. The van der Waals surface area contributed by atoms with Crippen LogP contribution in [0.1, 0.15) is 47.7 Å². The van der Waals surface area contributed by atoms with Crippen LogP contribution in [-0.2, 0) is 6.54 Å². The third-order valence-corrected chi connectivity index (χ3v) is 5.63. The van der Waals surface area contributed by atoms with Crippen LogP contribution in [0.3, 0.4) is 0 Å². The van der Waals surface area contributed by atoms with E-state index in [2.05, 4.69) is 15.3 Å². The molecule has 1 aliphatic rings. The minimum absolute atomic E-state index is 0.0570. The number of carbonyl (C=O) groups is 1. The predicted molar refractivity (Wildman–Crippen MR) is 115 cm³/mol. The van der Waals surface area contributed by atoms with E-state index in [-0.39, 0.29) is 29.9 Å². The third-order valence-electron chi connectivity index (χ3n) is 5.63. The zero-order chi connectivity index (χ0) is 22.7. The van der Waals surface area contributed by atoms with E-state index >= 15 is 0 Å². The lowest BCUT2D eigenvalue weighted by atomic mass is 10.0. The minimum Gasteiger partial charge on any atom is -0.350 e. The number of para-hydroxylation sites is 1. The van der Waals surface area contributed by atoms with Crippen molar-refractivity contribution in [3.05, 3.63) is 91.1 Å². The molecule has 4 rings (SSSR count). The van der Waals surface area contributed by atoms with Gasteiger partial charge in [-0.05, 0) is 25.0 Å². The lowest BCUT2D eigenvalue weighted by Crippen LogP contribution is -2.40. The van der Waals surface area contributed by atoms with Gasteiger partial charge >= 0.3 is 5.69 Å². The summed E-state index contributed by atoms with van der Waals surface area (Å²) in [5.41, 5.74) is -1.83. The molecule has 0 bridgehead atoms. The van der Waals surface area contributed by atoms with Crippen molar-refractivity contribution in [3.8, 4) is 5.69 Å². The fraction of sp³-hybridized carbons (Fsp3) is 0.318. The van der Waals surface area contributed by atoms with E-state index in [9.17, 15) is 23.6 Å². The van der Waals surface area contributed by atoms with Gasteiger partial charge in [0.25, 0.3) is 17.0 Å². The molecule has 2 heterocycles. The first-order valence-electron chi connectivity index (χ1n) is 10.4. The molecule has 0 unspecified atom stereocenters. The van der Waals surface area contributed by atoms with Gasteiger partial charge in [0, 0.05) is 31.3 Å². The van der Waals surface area contributed by atoms with E-state index in [0.717, 1.165) is 43.6 Å². The molecule has 2 N–H and O–H groups in total. The molecular weight excluding hydrogens is 417 g/mol. The van der Waals surface area contributed by atoms with Gasteiger partial charge in [-0.3, -0.25) is 19.0 Å². The van der Waals surface area contributed by atoms with Gasteiger partial charge < -0.3 is 10.3 Å². The molecule has 0 atom stereocenters. The van der Waals surface area contributed by atoms with Crippen LogP contribution >= 0.6 is 0 Å². The number of benzene rings is 1. The Morgan fingerprint density at radius 3 is 2.66 bits per heavy atom. The first kappa shape index (κ1) is 21.4. The average Bonchev–Trinajstić information content (AvgIpc) is 3.31. The second-order valence-corrected chi connectivity index (χ2v) is 7.68. The molecule has 0 radical (unpaired) electrons. The average molecular weight is 439 g/mol. The second kappa shape index (κ2) is 9.13. The van der Waals surface area contributed by atoms with Crippen LogP contribution in [0.4, 0.5) is 4.39 Å². The monoisotopic (exact) mass is 439 g/mol. The third kappa shape index (κ3) is 4.29. The Morgan fingerprint density at radius 1 is 1.19 bits per heavy atom. The molecule has 0 saturated heterocycles. The van der Waals surface area contributed by atoms with E-state index in [1.165, 1.54) is 35.2 Å². The van der Waals surface area contributed by atoms with Gasteiger partial charge in [0.15, 0.2) is 0 Å². The minimum atomic E-state index is -0.948. The Morgan fingerprint density at radius 2 is 1.94 bits per heavy atom. The van der Waals surface area contributed by atoms with Gasteiger partial charge in [-0.2, -0.15) is 0 Å². The quantitative estimate of drug-likeness (QED) is 0.600. The van der Waals surface area contributed by atoms with Crippen LogP contribution in [0.5, 0.6) is 0 Å². The van der Waals surface area contributed by atoms with Crippen molar-refractivity contribution in [2.45, 2.75) is 38.1 Å². The number of H-pyrrole nitrogens is 1. The Hall–Kier alpha value is -3.82. The van der Waals surface area contributed by atoms with Gasteiger partial charge in [-0.15, -0.1) is 0 Å². The summed E-state index contributed by atoms with van der Waals surface area (Å²) in [6.07, 6.45) is 6.82. The highest BCUT2D eigenvalue weighted by atomic mass is 19.1. The molecule has 10 heteroatoms. The molecule has 0 spiro atoms. The second-order valence-electron chi connectivity index (χ2n) is 7.68. The normalized spacial score (nSPS) is 13.9. The number of carbonyl (C=O) groups excluding carboxylic acids is 1. The number of hydrogen-bond acceptors (Lipinski definition) is 5. The molecule has 166 valence electrons. The molecule has 9 nitrogen and oxygen atoms in total. The molecule has 1 fully saturated rings. The van der Waals surface area contributed by atoms with Gasteiger partial charge in [-0.25, -0.2) is 18.7 Å². The molecule has 32 heavy (non-hydrogen) atoms. The van der Waals surface area contributed by atoms with Crippen molar-refractivity contribution in [3.63, 3.8) is 0 Å². The lowest BCUT2D eigenvalue weighted by molar-refractivity contribution is 0.0949. The number of amides is 1. The van der Waals surface area contributed by atoms with E-state index in [4.69, 9.17) is 0 Å².